The molecule has 7 rings (SSSR count). The van der Waals surface area contributed by atoms with Gasteiger partial charge in [-0.2, -0.15) is 0 Å². The van der Waals surface area contributed by atoms with Gasteiger partial charge in [0.25, 0.3) is 0 Å². The van der Waals surface area contributed by atoms with Crippen molar-refractivity contribution in [3.05, 3.63) is 198 Å². The van der Waals surface area contributed by atoms with Gasteiger partial charge in [0.15, 0.2) is 0 Å². The number of carbonyl (C=O) groups excluding carboxylic acids is 3. The largest absolute Gasteiger partial charge is 0.445 e. The van der Waals surface area contributed by atoms with E-state index in [2.05, 4.69) is 100 Å². The van der Waals surface area contributed by atoms with Gasteiger partial charge in [-0.1, -0.05) is 164 Å². The molecule has 0 aliphatic heterocycles. The Morgan fingerprint density at radius 3 is 2.14 bits per heavy atom. The van der Waals surface area contributed by atoms with Crippen LogP contribution in [0.3, 0.4) is 0 Å². The number of nitrogens with zero attached hydrogens (tertiary/aromatic N) is 3. The lowest BCUT2D eigenvalue weighted by molar-refractivity contribution is -0.137. The summed E-state index contributed by atoms with van der Waals surface area (Å²) in [4.78, 5) is 48.2. The van der Waals surface area contributed by atoms with Crippen molar-refractivity contribution in [2.75, 3.05) is 19.6 Å². The van der Waals surface area contributed by atoms with E-state index in [0.717, 1.165) is 42.4 Å². The summed E-state index contributed by atoms with van der Waals surface area (Å²) < 4.78 is 7.77. The maximum absolute atomic E-state index is 14.7. The van der Waals surface area contributed by atoms with Crippen LogP contribution in [0.5, 0.6) is 0 Å². The van der Waals surface area contributed by atoms with Crippen molar-refractivity contribution in [1.82, 2.24) is 25.1 Å². The molecule has 59 heavy (non-hydrogen) atoms. The highest BCUT2D eigenvalue weighted by Crippen LogP contribution is 2.45. The molecular weight excluding hydrogens is 735 g/mol. The summed E-state index contributed by atoms with van der Waals surface area (Å²) in [5.41, 5.74) is 4.03. The van der Waals surface area contributed by atoms with E-state index in [-0.39, 0.29) is 43.4 Å². The van der Waals surface area contributed by atoms with E-state index in [4.69, 9.17) is 9.72 Å². The normalized spacial score (nSPS) is 16.2. The van der Waals surface area contributed by atoms with Gasteiger partial charge in [0.05, 0.1) is 18.6 Å². The topological polar surface area (TPSA) is 106 Å². The van der Waals surface area contributed by atoms with E-state index in [1.54, 1.807) is 0 Å². The Hall–Kier alpha value is -6.48. The SMILES string of the molecule is C/C=C/CN(CC(=O)NCC1(c2ccccc2)CCC1)C(=O)C(Cc1cn(C(c2ccccc2)(c2ccccc2)C2C=CC=CC2)cn1)NC(=O)OCc1ccccc1. The van der Waals surface area contributed by atoms with Crippen molar-refractivity contribution in [2.45, 2.75) is 62.6 Å². The highest BCUT2D eigenvalue weighted by molar-refractivity contribution is 5.90. The lowest BCUT2D eigenvalue weighted by Gasteiger charge is -2.42. The Balaban J connectivity index is 1.17. The molecule has 0 saturated heterocycles. The molecule has 0 bridgehead atoms. The quantitative estimate of drug-likeness (QED) is 0.0924. The van der Waals surface area contributed by atoms with E-state index >= 15 is 0 Å². The van der Waals surface area contributed by atoms with Gasteiger partial charge >= 0.3 is 6.09 Å². The smallest absolute Gasteiger partial charge is 0.408 e. The molecule has 2 unspecified atom stereocenters. The maximum atomic E-state index is 14.7. The number of benzene rings is 4. The molecule has 2 aliphatic rings. The minimum Gasteiger partial charge on any atom is -0.445 e. The fraction of sp³-hybridized carbons (Fsp3) is 0.280. The third kappa shape index (κ3) is 9.47. The second-order valence-electron chi connectivity index (χ2n) is 15.5. The first-order valence-electron chi connectivity index (χ1n) is 20.6. The fourth-order valence-electron chi connectivity index (χ4n) is 8.48. The molecule has 302 valence electrons. The van der Waals surface area contributed by atoms with Crippen molar-refractivity contribution in [1.29, 1.82) is 0 Å². The van der Waals surface area contributed by atoms with Crippen LogP contribution in [0.1, 0.15) is 60.6 Å². The molecule has 1 fully saturated rings. The summed E-state index contributed by atoms with van der Waals surface area (Å²) in [5.74, 6) is -0.632. The van der Waals surface area contributed by atoms with Crippen LogP contribution in [0.4, 0.5) is 4.79 Å². The van der Waals surface area contributed by atoms with E-state index in [9.17, 15) is 14.4 Å². The molecule has 2 N–H and O–H groups in total. The fourth-order valence-corrected chi connectivity index (χ4v) is 8.48. The van der Waals surface area contributed by atoms with Crippen LogP contribution in [-0.4, -0.2) is 58.0 Å². The van der Waals surface area contributed by atoms with Gasteiger partial charge in [-0.15, -0.1) is 0 Å². The predicted molar refractivity (Wildman–Crippen MR) is 231 cm³/mol. The van der Waals surface area contributed by atoms with Crippen LogP contribution in [-0.2, 0) is 38.3 Å². The first kappa shape index (κ1) is 40.7. The first-order chi connectivity index (χ1) is 28.9. The maximum Gasteiger partial charge on any atom is 0.408 e. The van der Waals surface area contributed by atoms with Gasteiger partial charge in [0.2, 0.25) is 11.8 Å². The minimum atomic E-state index is -1.08. The van der Waals surface area contributed by atoms with Crippen LogP contribution in [0.2, 0.25) is 0 Å². The predicted octanol–water partition coefficient (Wildman–Crippen LogP) is 8.29. The van der Waals surface area contributed by atoms with E-state index in [1.165, 1.54) is 10.5 Å². The zero-order valence-electron chi connectivity index (χ0n) is 33.7. The lowest BCUT2D eigenvalue weighted by atomic mass is 9.64. The number of nitrogens with one attached hydrogen (secondary N) is 2. The number of allylic oxidation sites excluding steroid dienone is 5. The minimum absolute atomic E-state index is 0.0378. The second-order valence-corrected chi connectivity index (χ2v) is 15.5. The summed E-state index contributed by atoms with van der Waals surface area (Å²) in [7, 11) is 0. The molecule has 2 aliphatic carbocycles. The number of hydrogen-bond acceptors (Lipinski definition) is 5. The Labute approximate surface area is 347 Å². The number of hydrogen-bond donors (Lipinski definition) is 2. The standard InChI is InChI=1S/C50H53N5O4/c1-2-3-32-54(35-46(56)51-37-49(30-19-31-49)40-22-11-5-12-23-40)47(57)45(53-48(58)59-36-39-20-9-4-10-21-39)33-44-34-55(38-52-44)50(41-24-13-6-14-25-41,42-26-15-7-16-27-42)43-28-17-8-18-29-43/h2-18,20-28,34,38,43,45H,19,29-33,35-37H2,1H3,(H,51,56)(H,53,58)/b3-2+. The summed E-state index contributed by atoms with van der Waals surface area (Å²) in [6.07, 6.45) is 19.3. The van der Waals surface area contributed by atoms with Crippen LogP contribution >= 0.6 is 0 Å². The highest BCUT2D eigenvalue weighted by Gasteiger charge is 2.43. The number of rotatable bonds is 17. The summed E-state index contributed by atoms with van der Waals surface area (Å²) in [5, 5.41) is 6.00. The molecule has 1 heterocycles. The van der Waals surface area contributed by atoms with E-state index in [0.29, 0.717) is 12.2 Å². The Morgan fingerprint density at radius 2 is 1.54 bits per heavy atom. The third-order valence-electron chi connectivity index (χ3n) is 11.7. The van der Waals surface area contributed by atoms with Crippen molar-refractivity contribution in [3.8, 4) is 0 Å². The number of imidazole rings is 1. The third-order valence-corrected chi connectivity index (χ3v) is 11.7. The highest BCUT2D eigenvalue weighted by atomic mass is 16.5. The first-order valence-corrected chi connectivity index (χ1v) is 20.6. The van der Waals surface area contributed by atoms with Gasteiger partial charge in [0.1, 0.15) is 18.2 Å². The molecule has 1 saturated carbocycles. The van der Waals surface area contributed by atoms with Crippen molar-refractivity contribution in [2.24, 2.45) is 5.92 Å². The zero-order chi connectivity index (χ0) is 40.9. The van der Waals surface area contributed by atoms with Crippen molar-refractivity contribution >= 4 is 17.9 Å². The van der Waals surface area contributed by atoms with Crippen LogP contribution < -0.4 is 10.6 Å². The van der Waals surface area contributed by atoms with Gasteiger partial charge in [-0.25, -0.2) is 9.78 Å². The van der Waals surface area contributed by atoms with Crippen LogP contribution in [0, 0.1) is 5.92 Å². The van der Waals surface area contributed by atoms with Crippen LogP contribution in [0.15, 0.2) is 170 Å². The molecule has 3 amide bonds. The number of carbonyl (C=O) groups is 3. The monoisotopic (exact) mass is 787 g/mol. The molecule has 4 aromatic carbocycles. The average Bonchev–Trinajstić information content (AvgIpc) is 3.74. The second kappa shape index (κ2) is 19.3. The molecule has 0 radical (unpaired) electrons. The van der Waals surface area contributed by atoms with Crippen LogP contribution in [0.25, 0.3) is 0 Å². The summed E-state index contributed by atoms with van der Waals surface area (Å²) >= 11 is 0. The molecule has 0 spiro atoms. The number of amides is 3. The summed E-state index contributed by atoms with van der Waals surface area (Å²) in [6.45, 7) is 2.41. The Bertz CT molecular complexity index is 2190. The molecular formula is C50H53N5O4. The van der Waals surface area contributed by atoms with Gasteiger partial charge < -0.3 is 24.8 Å². The Kier molecular flexibility index (Phi) is 13.3. The molecule has 2 atom stereocenters. The number of aromatic nitrogens is 2. The van der Waals surface area contributed by atoms with Gasteiger partial charge in [-0.3, -0.25) is 9.59 Å². The summed E-state index contributed by atoms with van der Waals surface area (Å²) in [6, 6.07) is 39.4. The molecule has 1 aromatic heterocycles. The Morgan fingerprint density at radius 1 is 0.898 bits per heavy atom. The van der Waals surface area contributed by atoms with Gasteiger partial charge in [-0.05, 0) is 48.4 Å². The van der Waals surface area contributed by atoms with Gasteiger partial charge in [0, 0.05) is 37.0 Å². The van der Waals surface area contributed by atoms with Crippen molar-refractivity contribution < 1.29 is 19.1 Å². The van der Waals surface area contributed by atoms with E-state index in [1.807, 2.05) is 92.3 Å². The zero-order valence-corrected chi connectivity index (χ0v) is 33.7. The molecule has 9 nitrogen and oxygen atoms in total. The number of alkyl carbamates (subject to hydrolysis) is 1. The number of ether oxygens (including phenoxy) is 1. The molecule has 5 aromatic rings. The molecule has 9 heteroatoms. The van der Waals surface area contributed by atoms with E-state index < -0.39 is 23.6 Å². The average molecular weight is 788 g/mol. The van der Waals surface area contributed by atoms with Crippen molar-refractivity contribution in [3.63, 3.8) is 0 Å². The lowest BCUT2D eigenvalue weighted by Crippen LogP contribution is -2.53.